The number of nitrogen functional groups attached to an aromatic ring is 1. The van der Waals surface area contributed by atoms with E-state index in [1.165, 1.54) is 5.56 Å². The molecule has 0 heterocycles. The fourth-order valence-corrected chi connectivity index (χ4v) is 2.04. The first-order valence-corrected chi connectivity index (χ1v) is 7.60. The van der Waals surface area contributed by atoms with Crippen LogP contribution in [0.1, 0.15) is 25.8 Å². The van der Waals surface area contributed by atoms with E-state index in [0.717, 1.165) is 25.1 Å². The summed E-state index contributed by atoms with van der Waals surface area (Å²) in [6.45, 7) is 6.74. The lowest BCUT2D eigenvalue weighted by Gasteiger charge is -2.15. The number of benzene rings is 1. The predicted octanol–water partition coefficient (Wildman–Crippen LogP) is 1.59. The number of aliphatic hydroxyl groups is 1. The molecule has 0 spiro atoms. The lowest BCUT2D eigenvalue weighted by Crippen LogP contribution is -2.31. The van der Waals surface area contributed by atoms with Gasteiger partial charge in [-0.2, -0.15) is 0 Å². The number of nitrogens with two attached hydrogens (primary N) is 1. The zero-order valence-corrected chi connectivity index (χ0v) is 13.1. The van der Waals surface area contributed by atoms with Crippen LogP contribution in [0.25, 0.3) is 0 Å². The van der Waals surface area contributed by atoms with Crippen LogP contribution in [0, 0.1) is 0 Å². The average molecular weight is 296 g/mol. The average Bonchev–Trinajstić information content (AvgIpc) is 2.46. The summed E-state index contributed by atoms with van der Waals surface area (Å²) < 4.78 is 10.8. The van der Waals surface area contributed by atoms with E-state index in [0.29, 0.717) is 31.5 Å². The van der Waals surface area contributed by atoms with Crippen LogP contribution in [0.5, 0.6) is 5.75 Å². The van der Waals surface area contributed by atoms with Crippen molar-refractivity contribution in [2.45, 2.75) is 32.7 Å². The van der Waals surface area contributed by atoms with Crippen molar-refractivity contribution in [3.8, 4) is 5.75 Å². The Morgan fingerprint density at radius 1 is 1.29 bits per heavy atom. The Morgan fingerprint density at radius 3 is 2.76 bits per heavy atom. The Labute approximate surface area is 127 Å². The number of hydrogen-bond donors (Lipinski definition) is 3. The summed E-state index contributed by atoms with van der Waals surface area (Å²) in [6.07, 6.45) is 1.87. The van der Waals surface area contributed by atoms with Gasteiger partial charge in [0, 0.05) is 12.6 Å². The van der Waals surface area contributed by atoms with Crippen LogP contribution >= 0.6 is 0 Å². The molecule has 120 valence electrons. The molecule has 5 heteroatoms. The molecule has 0 aliphatic rings. The molecule has 21 heavy (non-hydrogen) atoms. The van der Waals surface area contributed by atoms with Crippen molar-refractivity contribution >= 4 is 5.69 Å². The Bertz CT molecular complexity index is 399. The van der Waals surface area contributed by atoms with Gasteiger partial charge in [-0.1, -0.05) is 13.0 Å². The van der Waals surface area contributed by atoms with Gasteiger partial charge >= 0.3 is 0 Å². The third-order valence-corrected chi connectivity index (χ3v) is 3.05. The molecular formula is C16H28N2O3. The molecule has 0 aliphatic heterocycles. The normalized spacial score (nSPS) is 12.3. The van der Waals surface area contributed by atoms with Crippen molar-refractivity contribution in [3.63, 3.8) is 0 Å². The molecule has 1 unspecified atom stereocenters. The first-order chi connectivity index (χ1) is 10.2. The Kier molecular flexibility index (Phi) is 8.82. The van der Waals surface area contributed by atoms with Crippen LogP contribution in [-0.4, -0.2) is 44.1 Å². The molecule has 0 amide bonds. The minimum atomic E-state index is 0.0707. The number of rotatable bonds is 11. The van der Waals surface area contributed by atoms with E-state index in [1.807, 2.05) is 12.1 Å². The van der Waals surface area contributed by atoms with Crippen molar-refractivity contribution in [3.05, 3.63) is 23.8 Å². The Morgan fingerprint density at radius 2 is 2.10 bits per heavy atom. The smallest absolute Gasteiger partial charge is 0.142 e. The summed E-state index contributed by atoms with van der Waals surface area (Å²) in [5, 5.41) is 12.0. The van der Waals surface area contributed by atoms with Crippen molar-refractivity contribution in [1.82, 2.24) is 5.32 Å². The molecule has 5 nitrogen and oxygen atoms in total. The highest BCUT2D eigenvalue weighted by molar-refractivity contribution is 5.54. The molecule has 1 aromatic carbocycles. The summed E-state index contributed by atoms with van der Waals surface area (Å²) in [7, 11) is 0. The maximum atomic E-state index is 8.60. The summed E-state index contributed by atoms with van der Waals surface area (Å²) >= 11 is 0. The third-order valence-electron chi connectivity index (χ3n) is 3.05. The van der Waals surface area contributed by atoms with E-state index < -0.39 is 0 Å². The van der Waals surface area contributed by atoms with E-state index in [-0.39, 0.29) is 6.61 Å². The van der Waals surface area contributed by atoms with Gasteiger partial charge in [-0.25, -0.2) is 0 Å². The molecular weight excluding hydrogens is 268 g/mol. The first-order valence-electron chi connectivity index (χ1n) is 7.60. The van der Waals surface area contributed by atoms with Crippen molar-refractivity contribution in [2.75, 3.05) is 38.7 Å². The maximum Gasteiger partial charge on any atom is 0.142 e. The van der Waals surface area contributed by atoms with E-state index in [9.17, 15) is 0 Å². The van der Waals surface area contributed by atoms with Crippen molar-refractivity contribution < 1.29 is 14.6 Å². The van der Waals surface area contributed by atoms with Gasteiger partial charge in [-0.15, -0.1) is 0 Å². The Hall–Kier alpha value is -1.30. The lowest BCUT2D eigenvalue weighted by molar-refractivity contribution is 0.0928. The second kappa shape index (κ2) is 10.4. The first kappa shape index (κ1) is 17.8. The van der Waals surface area contributed by atoms with E-state index in [2.05, 4.69) is 25.2 Å². The number of aliphatic hydroxyl groups excluding tert-OH is 1. The second-order valence-corrected chi connectivity index (χ2v) is 5.12. The zero-order valence-electron chi connectivity index (χ0n) is 13.1. The fourth-order valence-electron chi connectivity index (χ4n) is 2.04. The standard InChI is InChI=1S/C16H28N2O3/c1-3-8-21-16-5-4-14(12-15(16)17)11-13(2)18-6-9-20-10-7-19/h4-5,12-13,18-19H,3,6-11,17H2,1-2H3. The monoisotopic (exact) mass is 296 g/mol. The van der Waals surface area contributed by atoms with E-state index >= 15 is 0 Å². The Balaban J connectivity index is 2.35. The summed E-state index contributed by atoms with van der Waals surface area (Å²) in [5.74, 6) is 0.763. The van der Waals surface area contributed by atoms with Crippen LogP contribution in [0.4, 0.5) is 5.69 Å². The van der Waals surface area contributed by atoms with Crippen molar-refractivity contribution in [1.29, 1.82) is 0 Å². The molecule has 0 radical (unpaired) electrons. The summed E-state index contributed by atoms with van der Waals surface area (Å²) in [6, 6.07) is 6.31. The molecule has 1 rings (SSSR count). The van der Waals surface area contributed by atoms with Gasteiger partial charge < -0.3 is 25.6 Å². The molecule has 4 N–H and O–H groups in total. The SMILES string of the molecule is CCCOc1ccc(CC(C)NCCOCCO)cc1N. The van der Waals surface area contributed by atoms with Crippen LogP contribution in [0.3, 0.4) is 0 Å². The molecule has 0 aromatic heterocycles. The van der Waals surface area contributed by atoms with Crippen LogP contribution in [0.2, 0.25) is 0 Å². The molecule has 0 bridgehead atoms. The topological polar surface area (TPSA) is 76.7 Å². The van der Waals surface area contributed by atoms with Gasteiger partial charge in [-0.05, 0) is 37.5 Å². The van der Waals surface area contributed by atoms with Crippen molar-refractivity contribution in [2.24, 2.45) is 0 Å². The quantitative estimate of drug-likeness (QED) is 0.427. The number of nitrogens with one attached hydrogen (secondary N) is 1. The van der Waals surface area contributed by atoms with Gasteiger partial charge in [-0.3, -0.25) is 0 Å². The zero-order chi connectivity index (χ0) is 15.5. The third kappa shape index (κ3) is 7.32. The largest absolute Gasteiger partial charge is 0.491 e. The van der Waals surface area contributed by atoms with Gasteiger partial charge in [0.2, 0.25) is 0 Å². The number of hydrogen-bond acceptors (Lipinski definition) is 5. The highest BCUT2D eigenvalue weighted by Gasteiger charge is 2.06. The minimum Gasteiger partial charge on any atom is -0.491 e. The number of anilines is 1. The maximum absolute atomic E-state index is 8.60. The summed E-state index contributed by atoms with van der Waals surface area (Å²) in [5.41, 5.74) is 7.89. The molecule has 1 aromatic rings. The molecule has 1 atom stereocenters. The predicted molar refractivity (Wildman–Crippen MR) is 85.7 cm³/mol. The molecule has 0 saturated heterocycles. The van der Waals surface area contributed by atoms with Gasteiger partial charge in [0.15, 0.2) is 0 Å². The highest BCUT2D eigenvalue weighted by Crippen LogP contribution is 2.23. The van der Waals surface area contributed by atoms with Crippen LogP contribution in [0.15, 0.2) is 18.2 Å². The van der Waals surface area contributed by atoms with Crippen LogP contribution in [-0.2, 0) is 11.2 Å². The fraction of sp³-hybridized carbons (Fsp3) is 0.625. The van der Waals surface area contributed by atoms with Gasteiger partial charge in [0.25, 0.3) is 0 Å². The molecule has 0 aliphatic carbocycles. The van der Waals surface area contributed by atoms with E-state index in [1.54, 1.807) is 0 Å². The molecule has 0 saturated carbocycles. The van der Waals surface area contributed by atoms with E-state index in [4.69, 9.17) is 20.3 Å². The van der Waals surface area contributed by atoms with Crippen LogP contribution < -0.4 is 15.8 Å². The minimum absolute atomic E-state index is 0.0707. The summed E-state index contributed by atoms with van der Waals surface area (Å²) in [4.78, 5) is 0. The second-order valence-electron chi connectivity index (χ2n) is 5.12. The number of ether oxygens (including phenoxy) is 2. The van der Waals surface area contributed by atoms with Gasteiger partial charge in [0.05, 0.1) is 32.1 Å². The molecule has 0 fully saturated rings. The lowest BCUT2D eigenvalue weighted by atomic mass is 10.1. The van der Waals surface area contributed by atoms with Gasteiger partial charge in [0.1, 0.15) is 5.75 Å². The highest BCUT2D eigenvalue weighted by atomic mass is 16.5.